The molecular formula is C10H17SiZr-. The summed E-state index contributed by atoms with van der Waals surface area (Å²) in [5, 5.41) is 0. The molecule has 0 fully saturated rings. The van der Waals surface area contributed by atoms with E-state index in [0.717, 1.165) is 0 Å². The zero-order valence-corrected chi connectivity index (χ0v) is 12.1. The standard InChI is InChI=1S/C8H11.C2H6Si.Zr/c1-6-4-7(2)8(3)5-6;1-3-2;/h4-5H,1-3H3;1-2H3;/q-1;;. The molecular weight excluding hydrogens is 239 g/mol. The molecule has 0 amide bonds. The first-order chi connectivity index (χ1) is 5.43. The van der Waals surface area contributed by atoms with E-state index in [1.54, 1.807) is 23.3 Å². The van der Waals surface area contributed by atoms with Crippen molar-refractivity contribution >= 4 is 5.43 Å². The summed E-state index contributed by atoms with van der Waals surface area (Å²) >= 11 is 1.74. The van der Waals surface area contributed by atoms with Crippen molar-refractivity contribution in [2.24, 2.45) is 0 Å². The largest absolute Gasteiger partial charge is 0.208 e. The minimum Gasteiger partial charge on any atom is -0.208 e. The Hall–Kier alpha value is 0.450. The molecule has 0 N–H and O–H groups in total. The number of aryl methyl sites for hydroxylation is 3. The van der Waals surface area contributed by atoms with Crippen LogP contribution >= 0.6 is 0 Å². The van der Waals surface area contributed by atoms with Gasteiger partial charge in [0.15, 0.2) is 0 Å². The summed E-state index contributed by atoms with van der Waals surface area (Å²) in [6, 6.07) is 4.41. The number of rotatable bonds is 0. The van der Waals surface area contributed by atoms with E-state index in [0.29, 0.717) is 0 Å². The van der Waals surface area contributed by atoms with Crippen LogP contribution in [0.25, 0.3) is 0 Å². The Bertz CT molecular complexity index is 237. The molecule has 12 heavy (non-hydrogen) atoms. The van der Waals surface area contributed by atoms with Crippen molar-refractivity contribution in [2.45, 2.75) is 33.9 Å². The van der Waals surface area contributed by atoms with Gasteiger partial charge >= 0.3 is 41.9 Å². The van der Waals surface area contributed by atoms with Crippen LogP contribution in [0, 0.1) is 20.8 Å². The van der Waals surface area contributed by atoms with Gasteiger partial charge < -0.3 is 0 Å². The monoisotopic (exact) mass is 255 g/mol. The van der Waals surface area contributed by atoms with E-state index in [2.05, 4.69) is 46.0 Å². The fourth-order valence-corrected chi connectivity index (χ4v) is 0.952. The third-order valence-electron chi connectivity index (χ3n) is 1.51. The SMILES string of the molecule is C[Si](C)=[Zr].Cc1cc(C)c(C)[cH-]1. The summed E-state index contributed by atoms with van der Waals surface area (Å²) in [5.41, 5.74) is 4.40. The van der Waals surface area contributed by atoms with Gasteiger partial charge in [-0.2, -0.15) is 22.8 Å². The van der Waals surface area contributed by atoms with Gasteiger partial charge in [0, 0.05) is 0 Å². The molecule has 0 nitrogen and oxygen atoms in total. The molecule has 0 saturated heterocycles. The predicted molar refractivity (Wildman–Crippen MR) is 53.7 cm³/mol. The Kier molecular flexibility index (Phi) is 6.21. The van der Waals surface area contributed by atoms with Gasteiger partial charge in [-0.1, -0.05) is 20.8 Å². The van der Waals surface area contributed by atoms with E-state index in [9.17, 15) is 0 Å². The van der Waals surface area contributed by atoms with Crippen LogP contribution in [0.4, 0.5) is 0 Å². The molecule has 1 aromatic rings. The van der Waals surface area contributed by atoms with Gasteiger partial charge in [-0.3, -0.25) is 0 Å². The van der Waals surface area contributed by atoms with E-state index in [4.69, 9.17) is 0 Å². The first-order valence-electron chi connectivity index (χ1n) is 4.15. The third-order valence-corrected chi connectivity index (χ3v) is 1.51. The van der Waals surface area contributed by atoms with Crippen LogP contribution in [0.3, 0.4) is 0 Å². The summed E-state index contributed by atoms with van der Waals surface area (Å²) in [4.78, 5) is 0. The Balaban J connectivity index is 0.000000261. The van der Waals surface area contributed by atoms with Gasteiger partial charge in [0.2, 0.25) is 0 Å². The molecule has 0 heterocycles. The minimum atomic E-state index is 0.210. The van der Waals surface area contributed by atoms with Crippen LogP contribution < -0.4 is 0 Å². The molecule has 1 rings (SSSR count). The van der Waals surface area contributed by atoms with Crippen LogP contribution in [0.2, 0.25) is 13.1 Å². The smallest absolute Gasteiger partial charge is 0.0632 e. The molecule has 0 aromatic heterocycles. The molecule has 0 bridgehead atoms. The second kappa shape index (κ2) is 5.99. The van der Waals surface area contributed by atoms with Gasteiger partial charge in [0.25, 0.3) is 0 Å². The normalized spacial score (nSPS) is 8.67. The Labute approximate surface area is 91.1 Å². The van der Waals surface area contributed by atoms with Crippen LogP contribution in [0.1, 0.15) is 16.7 Å². The summed E-state index contributed by atoms with van der Waals surface area (Å²) in [5.74, 6) is 0. The topological polar surface area (TPSA) is 0 Å². The van der Waals surface area contributed by atoms with Crippen molar-refractivity contribution < 1.29 is 23.3 Å². The second-order valence-electron chi connectivity index (χ2n) is 3.40. The van der Waals surface area contributed by atoms with Crippen molar-refractivity contribution in [3.8, 4) is 0 Å². The molecule has 66 valence electrons. The summed E-state index contributed by atoms with van der Waals surface area (Å²) in [6.07, 6.45) is 0. The first-order valence-corrected chi connectivity index (χ1v) is 10.3. The van der Waals surface area contributed by atoms with Crippen LogP contribution in [0.15, 0.2) is 12.1 Å². The van der Waals surface area contributed by atoms with Crippen LogP contribution in [-0.4, -0.2) is 5.43 Å². The summed E-state index contributed by atoms with van der Waals surface area (Å²) in [7, 11) is 0. The van der Waals surface area contributed by atoms with Crippen molar-refractivity contribution in [2.75, 3.05) is 0 Å². The van der Waals surface area contributed by atoms with Crippen molar-refractivity contribution in [3.05, 3.63) is 28.8 Å². The van der Waals surface area contributed by atoms with Gasteiger partial charge in [0.05, 0.1) is 0 Å². The average Bonchev–Trinajstić information content (AvgIpc) is 2.08. The number of hydrogen-bond donors (Lipinski definition) is 0. The van der Waals surface area contributed by atoms with Gasteiger partial charge in [-0.25, -0.2) is 6.07 Å². The van der Waals surface area contributed by atoms with E-state index in [-0.39, 0.29) is 5.43 Å². The predicted octanol–water partition coefficient (Wildman–Crippen LogP) is 3.12. The van der Waals surface area contributed by atoms with E-state index >= 15 is 0 Å². The molecule has 0 spiro atoms. The van der Waals surface area contributed by atoms with Gasteiger partial charge in [-0.05, 0) is 0 Å². The molecule has 0 atom stereocenters. The van der Waals surface area contributed by atoms with E-state index < -0.39 is 0 Å². The fourth-order valence-electron chi connectivity index (χ4n) is 0.952. The molecule has 0 aliphatic carbocycles. The first kappa shape index (κ1) is 12.4. The van der Waals surface area contributed by atoms with Crippen molar-refractivity contribution in [1.82, 2.24) is 0 Å². The Morgan fingerprint density at radius 2 is 1.67 bits per heavy atom. The average molecular weight is 257 g/mol. The molecule has 1 aromatic carbocycles. The maximum Gasteiger partial charge on any atom is -0.0632 e. The summed E-state index contributed by atoms with van der Waals surface area (Å²) < 4.78 is 0. The molecule has 0 saturated carbocycles. The van der Waals surface area contributed by atoms with E-state index in [1.165, 1.54) is 16.7 Å². The third kappa shape index (κ3) is 6.02. The summed E-state index contributed by atoms with van der Waals surface area (Å²) in [6.45, 7) is 11.0. The maximum absolute atomic E-state index is 2.31. The minimum absolute atomic E-state index is 0.210. The van der Waals surface area contributed by atoms with Crippen molar-refractivity contribution in [3.63, 3.8) is 0 Å². The number of hydrogen-bond acceptors (Lipinski definition) is 0. The van der Waals surface area contributed by atoms with E-state index in [1.807, 2.05) is 0 Å². The molecule has 0 aliphatic heterocycles. The fraction of sp³-hybridized carbons (Fsp3) is 0.500. The van der Waals surface area contributed by atoms with Gasteiger partial charge in [0.1, 0.15) is 0 Å². The maximum atomic E-state index is 2.31. The van der Waals surface area contributed by atoms with Crippen LogP contribution in [0.5, 0.6) is 0 Å². The van der Waals surface area contributed by atoms with Crippen LogP contribution in [-0.2, 0) is 23.3 Å². The molecule has 0 unspecified atom stereocenters. The quantitative estimate of drug-likeness (QED) is 0.494. The molecule has 2 heteroatoms. The Morgan fingerprint density at radius 1 is 1.25 bits per heavy atom. The molecule has 0 aliphatic rings. The second-order valence-corrected chi connectivity index (χ2v) is 12.8. The Morgan fingerprint density at radius 3 is 1.75 bits per heavy atom. The molecule has 0 radical (unpaired) electrons. The van der Waals surface area contributed by atoms with Crippen molar-refractivity contribution in [1.29, 1.82) is 0 Å². The zero-order chi connectivity index (χ0) is 9.72. The zero-order valence-electron chi connectivity index (χ0n) is 8.65. The van der Waals surface area contributed by atoms with Gasteiger partial charge in [-0.15, -0.1) is 0 Å².